The zero-order valence-corrected chi connectivity index (χ0v) is 41.2. The normalized spacial score (nSPS) is 21.0. The molecule has 0 aliphatic carbocycles. The largest absolute Gasteiger partial charge is 0.392 e. The van der Waals surface area contributed by atoms with E-state index in [-0.39, 0.29) is 48.8 Å². The Balaban J connectivity index is 1.77. The van der Waals surface area contributed by atoms with Gasteiger partial charge < -0.3 is 39.4 Å². The van der Waals surface area contributed by atoms with Gasteiger partial charge in [0.25, 0.3) is 0 Å². The summed E-state index contributed by atoms with van der Waals surface area (Å²) in [6.07, 6.45) is 32.1. The van der Waals surface area contributed by atoms with Gasteiger partial charge in [-0.2, -0.15) is 0 Å². The minimum Gasteiger partial charge on any atom is -0.392 e. The van der Waals surface area contributed by atoms with Crippen molar-refractivity contribution in [1.82, 2.24) is 9.80 Å². The fourth-order valence-electron chi connectivity index (χ4n) is 9.47. The van der Waals surface area contributed by atoms with Crippen molar-refractivity contribution in [2.75, 3.05) is 65.7 Å². The minimum atomic E-state index is -0.373. The summed E-state index contributed by atoms with van der Waals surface area (Å²) in [4.78, 5) is 4.51. The lowest BCUT2D eigenvalue weighted by atomic mass is 10.1. The van der Waals surface area contributed by atoms with Crippen molar-refractivity contribution in [3.63, 3.8) is 0 Å². The van der Waals surface area contributed by atoms with E-state index in [2.05, 4.69) is 37.5 Å². The third kappa shape index (κ3) is 29.3. The second-order valence-corrected chi connectivity index (χ2v) is 19.5. The topological polar surface area (TPSA) is 124 Å². The zero-order valence-electron chi connectivity index (χ0n) is 41.2. The van der Waals surface area contributed by atoms with Crippen molar-refractivity contribution in [2.24, 2.45) is 0 Å². The molecule has 370 valence electrons. The maximum atomic E-state index is 11.0. The first-order valence-electron chi connectivity index (χ1n) is 26.9. The quantitative estimate of drug-likeness (QED) is 0.0439. The molecule has 2 rings (SSSR count). The van der Waals surface area contributed by atoms with Gasteiger partial charge in [0.1, 0.15) is 24.4 Å². The van der Waals surface area contributed by atoms with Gasteiger partial charge in [0, 0.05) is 52.5 Å². The molecule has 2 heterocycles. The predicted molar refractivity (Wildman–Crippen MR) is 257 cm³/mol. The fourth-order valence-corrected chi connectivity index (χ4v) is 9.47. The zero-order chi connectivity index (χ0) is 44.9. The number of aliphatic hydroxyl groups is 4. The third-order valence-corrected chi connectivity index (χ3v) is 13.3. The molecular formula is C52H104N2O8. The van der Waals surface area contributed by atoms with Crippen molar-refractivity contribution in [3.05, 3.63) is 0 Å². The average Bonchev–Trinajstić information content (AvgIpc) is 3.85. The fraction of sp³-hybridized carbons (Fsp3) is 1.00. The van der Waals surface area contributed by atoms with Crippen molar-refractivity contribution in [2.45, 2.75) is 269 Å². The first kappa shape index (κ1) is 57.7. The molecule has 2 saturated heterocycles. The van der Waals surface area contributed by atoms with Crippen molar-refractivity contribution >= 4 is 0 Å². The molecule has 0 radical (unpaired) electrons. The van der Waals surface area contributed by atoms with Crippen LogP contribution in [-0.4, -0.2) is 145 Å². The Kier molecular flexibility index (Phi) is 37.0. The smallest absolute Gasteiger partial charge is 0.115 e. The number of fused-ring (bicyclic) bond motifs is 1. The van der Waals surface area contributed by atoms with E-state index >= 15 is 0 Å². The lowest BCUT2D eigenvalue weighted by Crippen LogP contribution is -2.39. The summed E-state index contributed by atoms with van der Waals surface area (Å²) in [5.41, 5.74) is 0. The van der Waals surface area contributed by atoms with Gasteiger partial charge in [0.15, 0.2) is 0 Å². The number of rotatable bonds is 46. The maximum absolute atomic E-state index is 11.0. The highest BCUT2D eigenvalue weighted by molar-refractivity contribution is 4.96. The molecule has 8 unspecified atom stereocenters. The van der Waals surface area contributed by atoms with Gasteiger partial charge >= 0.3 is 0 Å². The molecule has 4 N–H and O–H groups in total. The lowest BCUT2D eigenvalue weighted by molar-refractivity contribution is -0.0532. The Labute approximate surface area is 382 Å². The molecule has 62 heavy (non-hydrogen) atoms. The Bertz CT molecular complexity index is 844. The first-order valence-corrected chi connectivity index (χ1v) is 26.9. The first-order chi connectivity index (χ1) is 30.3. The average molecular weight is 885 g/mol. The van der Waals surface area contributed by atoms with Crippen molar-refractivity contribution < 1.29 is 39.4 Å². The van der Waals surface area contributed by atoms with E-state index in [1.807, 2.05) is 0 Å². The highest BCUT2D eigenvalue weighted by Crippen LogP contribution is 2.31. The molecule has 8 atom stereocenters. The Hall–Kier alpha value is -0.400. The lowest BCUT2D eigenvalue weighted by Gasteiger charge is -2.28. The van der Waals surface area contributed by atoms with Gasteiger partial charge in [-0.1, -0.05) is 182 Å². The van der Waals surface area contributed by atoms with E-state index in [0.717, 1.165) is 77.3 Å². The van der Waals surface area contributed by atoms with E-state index in [4.69, 9.17) is 18.9 Å². The van der Waals surface area contributed by atoms with Gasteiger partial charge in [-0.25, -0.2) is 0 Å². The molecule has 10 heteroatoms. The Morgan fingerprint density at radius 1 is 0.387 bits per heavy atom. The molecule has 0 aromatic rings. The highest BCUT2D eigenvalue weighted by atomic mass is 16.6. The van der Waals surface area contributed by atoms with Crippen LogP contribution < -0.4 is 0 Å². The van der Waals surface area contributed by atoms with Gasteiger partial charge in [-0.05, 0) is 38.5 Å². The minimum absolute atomic E-state index is 0.129. The standard InChI is InChI=1S/C52H104N2O8/c1-5-9-13-17-21-25-31-45(55)39-53(40-46(56)32-26-22-18-14-10-6-2)35-29-37-59-49-43-61-52-50(44-62-51(49)52)60-38-30-36-54(41-47(57)33-27-23-19-15-11-7-3)42-48(58)34-28-24-20-16-12-8-4/h45-52,55-58H,5-44H2,1-4H3. The van der Waals surface area contributed by atoms with Gasteiger partial charge in [-0.3, -0.25) is 9.80 Å². The monoisotopic (exact) mass is 885 g/mol. The van der Waals surface area contributed by atoms with Crippen LogP contribution in [0.3, 0.4) is 0 Å². The second kappa shape index (κ2) is 39.7. The van der Waals surface area contributed by atoms with Gasteiger partial charge in [0.2, 0.25) is 0 Å². The summed E-state index contributed by atoms with van der Waals surface area (Å²) in [5, 5.41) is 43.8. The van der Waals surface area contributed by atoms with Gasteiger partial charge in [0.05, 0.1) is 37.6 Å². The molecule has 2 aliphatic heterocycles. The van der Waals surface area contributed by atoms with Crippen molar-refractivity contribution in [1.29, 1.82) is 0 Å². The van der Waals surface area contributed by atoms with E-state index in [0.29, 0.717) is 52.6 Å². The summed E-state index contributed by atoms with van der Waals surface area (Å²) in [6, 6.07) is 0. The van der Waals surface area contributed by atoms with Crippen LogP contribution in [-0.2, 0) is 18.9 Å². The molecule has 0 saturated carbocycles. The third-order valence-electron chi connectivity index (χ3n) is 13.3. The summed E-state index contributed by atoms with van der Waals surface area (Å²) >= 11 is 0. The number of hydrogen-bond acceptors (Lipinski definition) is 10. The van der Waals surface area contributed by atoms with Crippen LogP contribution in [0.15, 0.2) is 0 Å². The predicted octanol–water partition coefficient (Wildman–Crippen LogP) is 10.4. The number of nitrogens with zero attached hydrogens (tertiary/aromatic N) is 2. The van der Waals surface area contributed by atoms with E-state index in [1.54, 1.807) is 0 Å². The van der Waals surface area contributed by atoms with Crippen LogP contribution in [0.25, 0.3) is 0 Å². The van der Waals surface area contributed by atoms with E-state index in [1.165, 1.54) is 128 Å². The molecule has 0 spiro atoms. The Morgan fingerprint density at radius 3 is 0.919 bits per heavy atom. The number of hydrogen-bond donors (Lipinski definition) is 4. The highest BCUT2D eigenvalue weighted by Gasteiger charge is 2.48. The molecule has 2 fully saturated rings. The summed E-state index contributed by atoms with van der Waals surface area (Å²) in [5.74, 6) is 0. The van der Waals surface area contributed by atoms with E-state index < -0.39 is 0 Å². The van der Waals surface area contributed by atoms with Crippen LogP contribution in [0.1, 0.15) is 220 Å². The molecule has 0 aromatic carbocycles. The second-order valence-electron chi connectivity index (χ2n) is 19.5. The summed E-state index contributed by atoms with van der Waals surface area (Å²) < 4.78 is 25.2. The molecule has 10 nitrogen and oxygen atoms in total. The van der Waals surface area contributed by atoms with Gasteiger partial charge in [-0.15, -0.1) is 0 Å². The Morgan fingerprint density at radius 2 is 0.645 bits per heavy atom. The van der Waals surface area contributed by atoms with Crippen LogP contribution in [0, 0.1) is 0 Å². The number of aliphatic hydroxyl groups excluding tert-OH is 4. The SMILES string of the molecule is CCCCCCCCC(O)CN(CCCOC1COC2C(OCCCN(CC(O)CCCCCCCC)CC(O)CCCCCCCC)COC12)CC(O)CCCCCCCC. The molecule has 2 aliphatic rings. The summed E-state index contributed by atoms with van der Waals surface area (Å²) in [6.45, 7) is 15.0. The van der Waals surface area contributed by atoms with Crippen LogP contribution in [0.5, 0.6) is 0 Å². The van der Waals surface area contributed by atoms with Crippen LogP contribution in [0.4, 0.5) is 0 Å². The molecule has 0 amide bonds. The molecular weight excluding hydrogens is 781 g/mol. The van der Waals surface area contributed by atoms with Crippen LogP contribution in [0.2, 0.25) is 0 Å². The number of unbranched alkanes of at least 4 members (excludes halogenated alkanes) is 20. The van der Waals surface area contributed by atoms with Crippen molar-refractivity contribution in [3.8, 4) is 0 Å². The van der Waals surface area contributed by atoms with E-state index in [9.17, 15) is 20.4 Å². The summed E-state index contributed by atoms with van der Waals surface area (Å²) in [7, 11) is 0. The molecule has 0 aromatic heterocycles. The molecule has 0 bridgehead atoms. The number of ether oxygens (including phenoxy) is 4. The van der Waals surface area contributed by atoms with Crippen LogP contribution >= 0.6 is 0 Å². The maximum Gasteiger partial charge on any atom is 0.115 e.